The topological polar surface area (TPSA) is 69.5 Å². The first kappa shape index (κ1) is 19.9. The highest BCUT2D eigenvalue weighted by Crippen LogP contribution is 2.24. The van der Waals surface area contributed by atoms with E-state index in [0.717, 1.165) is 4.76 Å². The number of carbonyl (C=O) groups is 2. The molecule has 8 heteroatoms. The van der Waals surface area contributed by atoms with Crippen LogP contribution < -0.4 is 5.32 Å². The minimum absolute atomic E-state index is 0.0487. The third-order valence-electron chi connectivity index (χ3n) is 4.82. The maximum Gasteiger partial charge on any atom is 0.255 e. The van der Waals surface area contributed by atoms with Gasteiger partial charge in [0, 0.05) is 52.1 Å². The second-order valence-electron chi connectivity index (χ2n) is 6.73. The van der Waals surface area contributed by atoms with Gasteiger partial charge in [-0.05, 0) is 43.2 Å². The number of anilines is 1. The molecule has 0 saturated carbocycles. The number of likely N-dealkylation sites (tertiary alicyclic amines) is 1. The van der Waals surface area contributed by atoms with Gasteiger partial charge in [0.15, 0.2) is 7.05 Å². The number of rotatable bonds is 4. The number of carbonyl (C=O) groups excluding carboxylic acids is 2. The Balaban J connectivity index is 1.55. The summed E-state index contributed by atoms with van der Waals surface area (Å²) >= 11 is 5.73. The van der Waals surface area contributed by atoms with Crippen molar-refractivity contribution >= 4 is 34.8 Å². The van der Waals surface area contributed by atoms with Crippen molar-refractivity contribution in [2.75, 3.05) is 25.5 Å². The van der Waals surface area contributed by atoms with Crippen molar-refractivity contribution in [3.63, 3.8) is 0 Å². The Morgan fingerprint density at radius 2 is 1.79 bits per heavy atom. The first-order valence-electron chi connectivity index (χ1n) is 8.91. The van der Waals surface area contributed by atoms with E-state index >= 15 is 0 Å². The molecule has 0 bridgehead atoms. The van der Waals surface area contributed by atoms with Crippen molar-refractivity contribution < 1.29 is 18.7 Å². The summed E-state index contributed by atoms with van der Waals surface area (Å²) in [5, 5.41) is 2.70. The van der Waals surface area contributed by atoms with E-state index in [4.69, 9.17) is 11.6 Å². The van der Waals surface area contributed by atoms with Gasteiger partial charge in [-0.1, -0.05) is 11.6 Å². The number of piperidine rings is 1. The largest absolute Gasteiger partial charge is 0.339 e. The van der Waals surface area contributed by atoms with E-state index in [2.05, 4.69) is 5.32 Å². The van der Waals surface area contributed by atoms with Gasteiger partial charge in [0.25, 0.3) is 11.6 Å². The predicted octanol–water partition coefficient (Wildman–Crippen LogP) is 4.01. The number of hydrogen-bond donors (Lipinski definition) is 1. The third kappa shape index (κ3) is 4.54. The Morgan fingerprint density at radius 1 is 1.14 bits per heavy atom. The van der Waals surface area contributed by atoms with Crippen molar-refractivity contribution in [2.45, 2.75) is 12.8 Å². The second kappa shape index (κ2) is 8.48. The lowest BCUT2D eigenvalue weighted by Gasteiger charge is -2.31. The Labute approximate surface area is 166 Å². The SMILES string of the molecule is C[N+](=O)c1ccc(C(=O)N2CCC(C(=O)Nc3ccc(F)c(Cl)c3)CC2)cc1. The highest BCUT2D eigenvalue weighted by atomic mass is 35.5. The molecule has 146 valence electrons. The molecule has 1 fully saturated rings. The zero-order chi connectivity index (χ0) is 20.3. The van der Waals surface area contributed by atoms with Crippen LogP contribution in [0.4, 0.5) is 15.8 Å². The maximum atomic E-state index is 13.2. The molecule has 1 aliphatic heterocycles. The summed E-state index contributed by atoms with van der Waals surface area (Å²) in [7, 11) is 1.40. The molecule has 0 atom stereocenters. The molecule has 6 nitrogen and oxygen atoms in total. The van der Waals surface area contributed by atoms with Crippen molar-refractivity contribution in [1.82, 2.24) is 4.90 Å². The Hall–Kier alpha value is -2.80. The average molecular weight is 405 g/mol. The van der Waals surface area contributed by atoms with Crippen LogP contribution in [0.2, 0.25) is 5.02 Å². The zero-order valence-electron chi connectivity index (χ0n) is 15.3. The van der Waals surface area contributed by atoms with Gasteiger partial charge in [-0.25, -0.2) is 4.39 Å². The molecule has 28 heavy (non-hydrogen) atoms. The van der Waals surface area contributed by atoms with Crippen LogP contribution in [0.5, 0.6) is 0 Å². The fourth-order valence-electron chi connectivity index (χ4n) is 3.16. The summed E-state index contributed by atoms with van der Waals surface area (Å²) in [6.45, 7) is 0.925. The third-order valence-corrected chi connectivity index (χ3v) is 5.11. The van der Waals surface area contributed by atoms with Crippen LogP contribution in [0.1, 0.15) is 23.2 Å². The number of hydrogen-bond acceptors (Lipinski definition) is 3. The van der Waals surface area contributed by atoms with Crippen LogP contribution in [0.25, 0.3) is 0 Å². The van der Waals surface area contributed by atoms with Crippen molar-refractivity contribution in [2.24, 2.45) is 5.92 Å². The molecule has 0 radical (unpaired) electrons. The molecule has 2 amide bonds. The molecular formula is C20H20ClFN3O3+. The van der Waals surface area contributed by atoms with Crippen LogP contribution >= 0.6 is 11.6 Å². The molecule has 0 unspecified atom stereocenters. The maximum absolute atomic E-state index is 13.2. The van der Waals surface area contributed by atoms with E-state index in [1.807, 2.05) is 0 Å². The van der Waals surface area contributed by atoms with Crippen LogP contribution in [0.3, 0.4) is 0 Å². The van der Waals surface area contributed by atoms with E-state index in [9.17, 15) is 18.9 Å². The minimum Gasteiger partial charge on any atom is -0.339 e. The van der Waals surface area contributed by atoms with Gasteiger partial charge in [0.1, 0.15) is 5.82 Å². The summed E-state index contributed by atoms with van der Waals surface area (Å²) in [5.74, 6) is -1.06. The lowest BCUT2D eigenvalue weighted by molar-refractivity contribution is -0.428. The number of amides is 2. The molecule has 2 aromatic rings. The molecule has 1 heterocycles. The molecule has 1 aliphatic rings. The number of nitroso groups, excluding NO2 is 1. The van der Waals surface area contributed by atoms with Crippen LogP contribution in [-0.2, 0) is 4.79 Å². The van der Waals surface area contributed by atoms with E-state index < -0.39 is 5.82 Å². The van der Waals surface area contributed by atoms with E-state index in [0.29, 0.717) is 42.9 Å². The van der Waals surface area contributed by atoms with E-state index in [-0.39, 0.29) is 22.8 Å². The summed E-state index contributed by atoms with van der Waals surface area (Å²) < 4.78 is 13.9. The summed E-state index contributed by atoms with van der Waals surface area (Å²) in [5.41, 5.74) is 1.43. The molecule has 0 aliphatic carbocycles. The predicted molar refractivity (Wildman–Crippen MR) is 104 cm³/mol. The lowest BCUT2D eigenvalue weighted by Crippen LogP contribution is -2.41. The monoisotopic (exact) mass is 404 g/mol. The number of benzene rings is 2. The van der Waals surface area contributed by atoms with Gasteiger partial charge >= 0.3 is 0 Å². The first-order valence-corrected chi connectivity index (χ1v) is 9.29. The number of halogens is 2. The van der Waals surface area contributed by atoms with Crippen molar-refractivity contribution in [1.29, 1.82) is 0 Å². The Morgan fingerprint density at radius 3 is 2.36 bits per heavy atom. The number of nitrogens with one attached hydrogen (secondary N) is 1. The van der Waals surface area contributed by atoms with E-state index in [1.54, 1.807) is 29.2 Å². The number of nitrogens with zero attached hydrogens (tertiary/aromatic N) is 2. The molecular weight excluding hydrogens is 385 g/mol. The first-order chi connectivity index (χ1) is 13.3. The quantitative estimate of drug-likeness (QED) is 0.783. The Bertz CT molecular complexity index is 909. The average Bonchev–Trinajstić information content (AvgIpc) is 2.70. The van der Waals surface area contributed by atoms with Gasteiger partial charge in [0.2, 0.25) is 5.91 Å². The smallest absolute Gasteiger partial charge is 0.255 e. The fourth-order valence-corrected chi connectivity index (χ4v) is 3.34. The van der Waals surface area contributed by atoms with Gasteiger partial charge in [-0.15, -0.1) is 0 Å². The standard InChI is InChI=1S/C20H19ClFN3O3/c1-24(28)16-5-2-14(3-6-16)20(27)25-10-8-13(9-11-25)19(26)23-15-4-7-18(22)17(21)12-15/h2-7,12-13H,8-11H2,1H3/p+1. The lowest BCUT2D eigenvalue weighted by atomic mass is 9.95. The molecule has 3 rings (SSSR count). The molecule has 1 N–H and O–H groups in total. The highest BCUT2D eigenvalue weighted by molar-refractivity contribution is 6.31. The molecule has 1 saturated heterocycles. The van der Waals surface area contributed by atoms with Crippen LogP contribution in [0, 0.1) is 16.6 Å². The summed E-state index contributed by atoms with van der Waals surface area (Å²) in [6, 6.07) is 10.5. The van der Waals surface area contributed by atoms with Gasteiger partial charge < -0.3 is 10.2 Å². The fraction of sp³-hybridized carbons (Fsp3) is 0.300. The summed E-state index contributed by atoms with van der Waals surface area (Å²) in [6.07, 6.45) is 1.07. The summed E-state index contributed by atoms with van der Waals surface area (Å²) in [4.78, 5) is 38.0. The highest BCUT2D eigenvalue weighted by Gasteiger charge is 2.28. The Kier molecular flexibility index (Phi) is 6.04. The van der Waals surface area contributed by atoms with Crippen molar-refractivity contribution in [3.05, 3.63) is 63.8 Å². The normalized spacial score (nSPS) is 14.6. The molecule has 2 aromatic carbocycles. The van der Waals surface area contributed by atoms with Crippen LogP contribution in [-0.4, -0.2) is 41.6 Å². The molecule has 0 aromatic heterocycles. The van der Waals surface area contributed by atoms with Gasteiger partial charge in [-0.2, -0.15) is 0 Å². The van der Waals surface area contributed by atoms with E-state index in [1.165, 1.54) is 25.2 Å². The zero-order valence-corrected chi connectivity index (χ0v) is 16.1. The van der Waals surface area contributed by atoms with Gasteiger partial charge in [0.05, 0.1) is 5.02 Å². The molecule has 0 spiro atoms. The minimum atomic E-state index is -0.540. The second-order valence-corrected chi connectivity index (χ2v) is 7.14. The van der Waals surface area contributed by atoms with Crippen LogP contribution in [0.15, 0.2) is 42.5 Å². The van der Waals surface area contributed by atoms with Crippen molar-refractivity contribution in [3.8, 4) is 0 Å². The van der Waals surface area contributed by atoms with Gasteiger partial charge in [-0.3, -0.25) is 9.59 Å².